The molecule has 4 heteroatoms. The minimum Gasteiger partial charge on any atom is -0.493 e. The minimum atomic E-state index is -0.293. The van der Waals surface area contributed by atoms with E-state index in [0.717, 1.165) is 0 Å². The lowest BCUT2D eigenvalue weighted by Crippen LogP contribution is -2.10. The molecule has 0 amide bonds. The molecule has 4 nitrogen and oxygen atoms in total. The van der Waals surface area contributed by atoms with Crippen LogP contribution in [0.2, 0.25) is 0 Å². The summed E-state index contributed by atoms with van der Waals surface area (Å²) in [7, 11) is 0. The fourth-order valence-electron chi connectivity index (χ4n) is 1.35. The van der Waals surface area contributed by atoms with Crippen molar-refractivity contribution in [3.05, 3.63) is 42.0 Å². The van der Waals surface area contributed by atoms with Gasteiger partial charge in [0.1, 0.15) is 12.4 Å². The fraction of sp³-hybridized carbons (Fsp3) is 0.333. The molecule has 102 valence electrons. The van der Waals surface area contributed by atoms with Gasteiger partial charge in [-0.1, -0.05) is 12.2 Å². The summed E-state index contributed by atoms with van der Waals surface area (Å²) in [6.45, 7) is 3.93. The van der Waals surface area contributed by atoms with Crippen molar-refractivity contribution in [1.82, 2.24) is 0 Å². The maximum absolute atomic E-state index is 11.3. The molecular formula is C15H18O4. The summed E-state index contributed by atoms with van der Waals surface area (Å²) in [5, 5.41) is 0. The molecule has 1 aromatic carbocycles. The molecule has 0 saturated carbocycles. The number of allylic oxidation sites excluding steroid dienone is 1. The highest BCUT2D eigenvalue weighted by molar-refractivity contribution is 5.94. The monoisotopic (exact) mass is 262 g/mol. The first-order valence-electron chi connectivity index (χ1n) is 6.14. The third-order valence-electron chi connectivity index (χ3n) is 2.41. The van der Waals surface area contributed by atoms with Crippen molar-refractivity contribution >= 4 is 11.8 Å². The summed E-state index contributed by atoms with van der Waals surface area (Å²) in [5.74, 6) is 0.351. The van der Waals surface area contributed by atoms with Crippen LogP contribution in [0, 0.1) is 0 Å². The lowest BCUT2D eigenvalue weighted by atomic mass is 10.1. The van der Waals surface area contributed by atoms with E-state index < -0.39 is 0 Å². The number of carbonyl (C=O) groups excluding carboxylic acids is 2. The molecule has 0 heterocycles. The van der Waals surface area contributed by atoms with Gasteiger partial charge >= 0.3 is 5.97 Å². The van der Waals surface area contributed by atoms with E-state index in [4.69, 9.17) is 9.47 Å². The van der Waals surface area contributed by atoms with Gasteiger partial charge in [0, 0.05) is 5.56 Å². The van der Waals surface area contributed by atoms with Gasteiger partial charge in [-0.25, -0.2) is 0 Å². The molecule has 0 fully saturated rings. The van der Waals surface area contributed by atoms with Gasteiger partial charge in [-0.05, 0) is 38.1 Å². The van der Waals surface area contributed by atoms with Gasteiger partial charge < -0.3 is 9.47 Å². The van der Waals surface area contributed by atoms with Crippen LogP contribution in [0.25, 0.3) is 0 Å². The van der Waals surface area contributed by atoms with Crippen molar-refractivity contribution in [2.24, 2.45) is 0 Å². The van der Waals surface area contributed by atoms with Gasteiger partial charge in [0.2, 0.25) is 0 Å². The summed E-state index contributed by atoms with van der Waals surface area (Å²) < 4.78 is 10.3. The van der Waals surface area contributed by atoms with E-state index in [1.54, 1.807) is 30.3 Å². The van der Waals surface area contributed by atoms with E-state index in [2.05, 4.69) is 0 Å². The molecule has 0 aliphatic heterocycles. The Balaban J connectivity index is 2.29. The van der Waals surface area contributed by atoms with Gasteiger partial charge in [-0.2, -0.15) is 0 Å². The largest absolute Gasteiger partial charge is 0.493 e. The molecular weight excluding hydrogens is 244 g/mol. The molecule has 0 atom stereocenters. The van der Waals surface area contributed by atoms with E-state index in [1.165, 1.54) is 6.92 Å². The van der Waals surface area contributed by atoms with Crippen LogP contribution >= 0.6 is 0 Å². The number of ether oxygens (including phenoxy) is 2. The molecule has 0 unspecified atom stereocenters. The highest BCUT2D eigenvalue weighted by atomic mass is 16.5. The number of ketones is 1. The average molecular weight is 262 g/mol. The first-order chi connectivity index (χ1) is 9.13. The second-order valence-corrected chi connectivity index (χ2v) is 3.93. The van der Waals surface area contributed by atoms with E-state index >= 15 is 0 Å². The third kappa shape index (κ3) is 5.86. The van der Waals surface area contributed by atoms with Gasteiger partial charge in [0.05, 0.1) is 13.0 Å². The number of benzene rings is 1. The summed E-state index contributed by atoms with van der Waals surface area (Å²) in [4.78, 5) is 22.3. The highest BCUT2D eigenvalue weighted by Gasteiger charge is 2.03. The standard InChI is InChI=1S/C15H18O4/c1-3-4-10-19-15(17)9-11-18-14-7-5-13(6-8-14)12(2)16/h3-8H,9-11H2,1-2H3/b4-3+. The van der Waals surface area contributed by atoms with Gasteiger partial charge in [0.15, 0.2) is 5.78 Å². The predicted molar refractivity (Wildman–Crippen MR) is 72.3 cm³/mol. The van der Waals surface area contributed by atoms with Crippen molar-refractivity contribution in [3.63, 3.8) is 0 Å². The Hall–Kier alpha value is -2.10. The Morgan fingerprint density at radius 1 is 1.21 bits per heavy atom. The second kappa shape index (κ2) is 8.08. The van der Waals surface area contributed by atoms with E-state index in [0.29, 0.717) is 17.9 Å². The Labute approximate surface area is 113 Å². The van der Waals surface area contributed by atoms with Crippen LogP contribution in [0.3, 0.4) is 0 Å². The SMILES string of the molecule is C/C=C/COC(=O)CCOc1ccc(C(C)=O)cc1. The fourth-order valence-corrected chi connectivity index (χ4v) is 1.35. The van der Waals surface area contributed by atoms with Crippen molar-refractivity contribution < 1.29 is 19.1 Å². The first kappa shape index (κ1) is 15.0. The topological polar surface area (TPSA) is 52.6 Å². The van der Waals surface area contributed by atoms with E-state index in [-0.39, 0.29) is 24.8 Å². The van der Waals surface area contributed by atoms with Crippen LogP contribution in [0.4, 0.5) is 0 Å². The van der Waals surface area contributed by atoms with Crippen molar-refractivity contribution in [3.8, 4) is 5.75 Å². The Kier molecular flexibility index (Phi) is 6.36. The maximum Gasteiger partial charge on any atom is 0.309 e. The Morgan fingerprint density at radius 2 is 1.89 bits per heavy atom. The van der Waals surface area contributed by atoms with Crippen molar-refractivity contribution in [2.75, 3.05) is 13.2 Å². The zero-order chi connectivity index (χ0) is 14.1. The Morgan fingerprint density at radius 3 is 2.47 bits per heavy atom. The number of rotatable bonds is 7. The highest BCUT2D eigenvalue weighted by Crippen LogP contribution is 2.12. The van der Waals surface area contributed by atoms with Crippen molar-refractivity contribution in [2.45, 2.75) is 20.3 Å². The zero-order valence-electron chi connectivity index (χ0n) is 11.2. The van der Waals surface area contributed by atoms with Crippen LogP contribution in [0.5, 0.6) is 5.75 Å². The number of esters is 1. The molecule has 0 aliphatic carbocycles. The normalized spacial score (nSPS) is 10.4. The number of carbonyl (C=O) groups is 2. The minimum absolute atomic E-state index is 0.0131. The summed E-state index contributed by atoms with van der Waals surface area (Å²) >= 11 is 0. The molecule has 0 aliphatic rings. The van der Waals surface area contributed by atoms with E-state index in [1.807, 2.05) is 13.0 Å². The third-order valence-corrected chi connectivity index (χ3v) is 2.41. The molecule has 0 saturated heterocycles. The molecule has 0 bridgehead atoms. The van der Waals surface area contributed by atoms with Crippen LogP contribution in [-0.2, 0) is 9.53 Å². The number of hydrogen-bond acceptors (Lipinski definition) is 4. The van der Waals surface area contributed by atoms with Gasteiger partial charge in [-0.15, -0.1) is 0 Å². The molecule has 0 spiro atoms. The van der Waals surface area contributed by atoms with Crippen molar-refractivity contribution in [1.29, 1.82) is 0 Å². The summed E-state index contributed by atoms with van der Waals surface area (Å²) in [6, 6.07) is 6.81. The zero-order valence-corrected chi connectivity index (χ0v) is 11.2. The molecule has 19 heavy (non-hydrogen) atoms. The molecule has 0 radical (unpaired) electrons. The Bertz CT molecular complexity index is 446. The van der Waals surface area contributed by atoms with E-state index in [9.17, 15) is 9.59 Å². The second-order valence-electron chi connectivity index (χ2n) is 3.93. The number of hydrogen-bond donors (Lipinski definition) is 0. The first-order valence-corrected chi connectivity index (χ1v) is 6.14. The molecule has 1 rings (SSSR count). The van der Waals surface area contributed by atoms with Gasteiger partial charge in [0.25, 0.3) is 0 Å². The van der Waals surface area contributed by atoms with Crippen LogP contribution in [0.15, 0.2) is 36.4 Å². The number of Topliss-reactive ketones (excluding diaryl/α,β-unsaturated/α-hetero) is 1. The molecule has 1 aromatic rings. The smallest absolute Gasteiger partial charge is 0.309 e. The quantitative estimate of drug-likeness (QED) is 0.431. The van der Waals surface area contributed by atoms with Crippen LogP contribution in [0.1, 0.15) is 30.6 Å². The van der Waals surface area contributed by atoms with Crippen LogP contribution in [-0.4, -0.2) is 25.0 Å². The lowest BCUT2D eigenvalue weighted by Gasteiger charge is -2.06. The summed E-state index contributed by atoms with van der Waals surface area (Å²) in [5.41, 5.74) is 0.637. The van der Waals surface area contributed by atoms with Crippen LogP contribution < -0.4 is 4.74 Å². The molecule has 0 aromatic heterocycles. The maximum atomic E-state index is 11.3. The summed E-state index contributed by atoms with van der Waals surface area (Å²) in [6.07, 6.45) is 3.78. The predicted octanol–water partition coefficient (Wildman–Crippen LogP) is 2.78. The average Bonchev–Trinajstić information content (AvgIpc) is 2.39. The molecule has 0 N–H and O–H groups in total. The lowest BCUT2D eigenvalue weighted by molar-refractivity contribution is -0.142. The van der Waals surface area contributed by atoms with Gasteiger partial charge in [-0.3, -0.25) is 9.59 Å².